The summed E-state index contributed by atoms with van der Waals surface area (Å²) in [5.41, 5.74) is -2.97. The zero-order valence-corrected chi connectivity index (χ0v) is 25.9. The van der Waals surface area contributed by atoms with Crippen molar-refractivity contribution in [2.45, 2.75) is 51.3 Å². The average molecular weight is 662 g/mol. The zero-order valence-electron chi connectivity index (χ0n) is 24.9. The molecule has 3 aromatic heterocycles. The minimum atomic E-state index is -4.78. The number of ether oxygens (including phenoxy) is 2. The van der Waals surface area contributed by atoms with Crippen molar-refractivity contribution in [3.05, 3.63) is 58.6 Å². The second-order valence-electron chi connectivity index (χ2n) is 11.5. The number of hydrogen-bond acceptors (Lipinski definition) is 8. The van der Waals surface area contributed by atoms with E-state index in [1.807, 2.05) is 0 Å². The molecule has 0 radical (unpaired) electrons. The van der Waals surface area contributed by atoms with Crippen LogP contribution < -0.4 is 10.5 Å². The Labute approximate surface area is 255 Å². The molecule has 1 aliphatic rings. The van der Waals surface area contributed by atoms with E-state index in [9.17, 15) is 35.9 Å². The van der Waals surface area contributed by atoms with Crippen LogP contribution in [0.5, 0.6) is 0 Å². The monoisotopic (exact) mass is 661 g/mol. The number of carbonyl (C=O) groups is 1. The molecule has 4 heterocycles. The molecule has 0 bridgehead atoms. The van der Waals surface area contributed by atoms with Gasteiger partial charge < -0.3 is 23.8 Å². The van der Waals surface area contributed by atoms with Crippen molar-refractivity contribution >= 4 is 30.8 Å². The van der Waals surface area contributed by atoms with Crippen LogP contribution in [0.4, 0.5) is 32.3 Å². The Balaban J connectivity index is 1.31. The largest absolute Gasteiger partial charge is 0.499 e. The van der Waals surface area contributed by atoms with Crippen molar-refractivity contribution in [2.24, 2.45) is 0 Å². The number of anilines is 1. The van der Waals surface area contributed by atoms with Gasteiger partial charge in [-0.1, -0.05) is 19.6 Å². The average Bonchev–Trinajstić information content (AvgIpc) is 3.35. The lowest BCUT2D eigenvalue weighted by molar-refractivity contribution is -0.138. The van der Waals surface area contributed by atoms with Crippen molar-refractivity contribution in [3.63, 3.8) is 0 Å². The van der Waals surface area contributed by atoms with Gasteiger partial charge in [-0.3, -0.25) is 9.59 Å². The Morgan fingerprint density at radius 3 is 2.24 bits per heavy atom. The van der Waals surface area contributed by atoms with Gasteiger partial charge in [0.05, 0.1) is 41.0 Å². The molecule has 0 N–H and O–H groups in total. The lowest BCUT2D eigenvalue weighted by Crippen LogP contribution is -2.48. The molecule has 0 saturated carbocycles. The van der Waals surface area contributed by atoms with Gasteiger partial charge in [0.2, 0.25) is 11.9 Å². The van der Waals surface area contributed by atoms with Gasteiger partial charge >= 0.3 is 12.4 Å². The van der Waals surface area contributed by atoms with Crippen molar-refractivity contribution in [1.82, 2.24) is 29.2 Å². The van der Waals surface area contributed by atoms with Crippen LogP contribution in [0.2, 0.25) is 25.7 Å². The van der Waals surface area contributed by atoms with Crippen LogP contribution in [0.1, 0.15) is 11.1 Å². The van der Waals surface area contributed by atoms with Gasteiger partial charge in [0.15, 0.2) is 0 Å². The third kappa shape index (κ3) is 8.83. The highest BCUT2D eigenvalue weighted by molar-refractivity contribution is 6.76. The molecule has 0 atom stereocenters. The maximum atomic E-state index is 13.8. The number of fused-ring (bicyclic) bond motifs is 1. The Morgan fingerprint density at radius 1 is 0.978 bits per heavy atom. The summed E-state index contributed by atoms with van der Waals surface area (Å²) in [6, 6.07) is 0.826. The normalized spacial score (nSPS) is 15.0. The van der Waals surface area contributed by atoms with Crippen LogP contribution in [-0.4, -0.2) is 82.6 Å². The summed E-state index contributed by atoms with van der Waals surface area (Å²) >= 11 is 0. The molecule has 246 valence electrons. The van der Waals surface area contributed by atoms with E-state index in [-0.39, 0.29) is 50.3 Å². The quantitative estimate of drug-likeness (QED) is 0.0990. The van der Waals surface area contributed by atoms with E-state index in [0.717, 1.165) is 23.2 Å². The van der Waals surface area contributed by atoms with Crippen molar-refractivity contribution in [3.8, 4) is 0 Å². The van der Waals surface area contributed by atoms with E-state index >= 15 is 0 Å². The third-order valence-electron chi connectivity index (χ3n) is 7.00. The maximum Gasteiger partial charge on any atom is 0.419 e. The molecule has 45 heavy (non-hydrogen) atoms. The first-order chi connectivity index (χ1) is 21.0. The molecule has 0 aliphatic carbocycles. The van der Waals surface area contributed by atoms with E-state index in [4.69, 9.17) is 9.47 Å². The number of halogens is 6. The van der Waals surface area contributed by atoms with Crippen LogP contribution in [0, 0.1) is 0 Å². The second-order valence-corrected chi connectivity index (χ2v) is 17.2. The minimum absolute atomic E-state index is 0.00998. The highest BCUT2D eigenvalue weighted by atomic mass is 28.3. The van der Waals surface area contributed by atoms with E-state index in [0.29, 0.717) is 32.1 Å². The van der Waals surface area contributed by atoms with Gasteiger partial charge in [0.1, 0.15) is 13.3 Å². The molecule has 0 aromatic carbocycles. The first-order valence-corrected chi connectivity index (χ1v) is 17.7. The fourth-order valence-corrected chi connectivity index (χ4v) is 5.21. The van der Waals surface area contributed by atoms with Gasteiger partial charge in [-0.05, 0) is 6.04 Å². The van der Waals surface area contributed by atoms with E-state index in [1.165, 1.54) is 21.7 Å². The Morgan fingerprint density at radius 2 is 1.64 bits per heavy atom. The highest BCUT2D eigenvalue weighted by Gasteiger charge is 2.36. The predicted molar refractivity (Wildman–Crippen MR) is 154 cm³/mol. The van der Waals surface area contributed by atoms with Gasteiger partial charge in [0, 0.05) is 65.5 Å². The molecule has 1 saturated heterocycles. The molecule has 11 nitrogen and oxygen atoms in total. The summed E-state index contributed by atoms with van der Waals surface area (Å²) in [6.07, 6.45) is -3.59. The van der Waals surface area contributed by atoms with Crippen molar-refractivity contribution in [1.29, 1.82) is 0 Å². The smallest absolute Gasteiger partial charge is 0.419 e. The van der Waals surface area contributed by atoms with E-state index < -0.39 is 42.5 Å². The Bertz CT molecular complexity index is 1560. The van der Waals surface area contributed by atoms with Crippen LogP contribution in [0.3, 0.4) is 0 Å². The fraction of sp³-hybridized carbons (Fsp3) is 0.519. The molecule has 0 unspecified atom stereocenters. The second kappa shape index (κ2) is 13.6. The number of carbonyl (C=O) groups excluding carboxylic acids is 1. The summed E-state index contributed by atoms with van der Waals surface area (Å²) in [4.78, 5) is 36.2. The standard InChI is InChI=1S/C27H33F6N7O4Si/c1-45(2,3)13-12-44-18-40-24(42)23-20(27(31,32)33)17-39(21(23)16-36-40)9-11-43-10-4-22(41)37-5-7-38(8-6-37)25-34-14-19(15-35-25)26(28,29)30/h4,10,14-17H,5-9,11-13,18H2,1-3H3. The number of alkyl halides is 6. The number of aromatic nitrogens is 5. The number of hydrogen-bond donors (Lipinski definition) is 0. The SMILES string of the molecule is C[Si](C)(C)CCOCn1ncc2c(c(C(F)(F)F)cn2CCOC=CC(=O)N2CCN(c3ncc(C(F)(F)F)cn3)CC2)c1=O. The molecule has 3 aromatic rings. The first kappa shape index (κ1) is 33.9. The summed E-state index contributed by atoms with van der Waals surface area (Å²) < 4.78 is 92.6. The lowest BCUT2D eigenvalue weighted by atomic mass is 10.2. The zero-order chi connectivity index (χ0) is 33.0. The molecule has 4 rings (SSSR count). The van der Waals surface area contributed by atoms with Crippen LogP contribution >= 0.6 is 0 Å². The third-order valence-corrected chi connectivity index (χ3v) is 8.70. The van der Waals surface area contributed by atoms with Crippen LogP contribution in [-0.2, 0) is 39.9 Å². The molecule has 1 amide bonds. The lowest BCUT2D eigenvalue weighted by Gasteiger charge is -2.34. The summed E-state index contributed by atoms with van der Waals surface area (Å²) in [6.45, 7) is 7.52. The molecule has 0 spiro atoms. The Kier molecular flexibility index (Phi) is 10.3. The molecular weight excluding hydrogens is 628 g/mol. The van der Waals surface area contributed by atoms with Crippen molar-refractivity contribution in [2.75, 3.05) is 44.3 Å². The maximum absolute atomic E-state index is 13.8. The number of rotatable bonds is 11. The van der Waals surface area contributed by atoms with Crippen molar-refractivity contribution < 1.29 is 40.6 Å². The molecular formula is C27H33F6N7O4Si. The highest BCUT2D eigenvalue weighted by Crippen LogP contribution is 2.34. The number of nitrogens with zero attached hydrogens (tertiary/aromatic N) is 7. The minimum Gasteiger partial charge on any atom is -0.499 e. The van der Waals surface area contributed by atoms with E-state index in [1.54, 1.807) is 4.90 Å². The van der Waals surface area contributed by atoms with Crippen LogP contribution in [0.25, 0.3) is 10.9 Å². The number of piperazine rings is 1. The molecule has 1 fully saturated rings. The molecule has 1 aliphatic heterocycles. The fourth-order valence-electron chi connectivity index (χ4n) is 4.45. The summed E-state index contributed by atoms with van der Waals surface area (Å²) in [5, 5.41) is 3.48. The van der Waals surface area contributed by atoms with E-state index in [2.05, 4.69) is 34.7 Å². The van der Waals surface area contributed by atoms with Gasteiger partial charge in [-0.2, -0.15) is 31.4 Å². The van der Waals surface area contributed by atoms with Crippen LogP contribution in [0.15, 0.2) is 41.9 Å². The summed E-state index contributed by atoms with van der Waals surface area (Å²) in [5.74, 6) is -0.259. The number of amides is 1. The topological polar surface area (TPSA) is 108 Å². The van der Waals surface area contributed by atoms with Gasteiger partial charge in [-0.15, -0.1) is 0 Å². The van der Waals surface area contributed by atoms with Gasteiger partial charge in [0.25, 0.3) is 5.56 Å². The predicted octanol–water partition coefficient (Wildman–Crippen LogP) is 4.22. The first-order valence-electron chi connectivity index (χ1n) is 14.0. The Hall–Kier alpha value is -3.93. The van der Waals surface area contributed by atoms with Gasteiger partial charge in [-0.25, -0.2) is 14.6 Å². The summed E-state index contributed by atoms with van der Waals surface area (Å²) in [7, 11) is -1.39. The molecule has 18 heteroatoms.